The third kappa shape index (κ3) is 2.60. The molecular weight excluding hydrogens is 236 g/mol. The van der Waals surface area contributed by atoms with Gasteiger partial charge in [-0.3, -0.25) is 4.79 Å². The van der Waals surface area contributed by atoms with E-state index in [1.807, 2.05) is 45.0 Å². The molecule has 0 atom stereocenters. The van der Waals surface area contributed by atoms with Gasteiger partial charge in [-0.25, -0.2) is 4.68 Å². The van der Waals surface area contributed by atoms with Crippen LogP contribution in [0.3, 0.4) is 0 Å². The molecular formula is C16H20N2O. The standard InChI is InChI=1S/C16H20N2O/c1-5-6-15-12(3)17-18(13(15)4)16(19)14-9-7-11(2)8-10-14/h7-10H,5-6H2,1-4H3. The van der Waals surface area contributed by atoms with Crippen molar-refractivity contribution in [2.45, 2.75) is 40.5 Å². The van der Waals surface area contributed by atoms with E-state index in [9.17, 15) is 4.79 Å². The SMILES string of the molecule is CCCc1c(C)nn(C(=O)c2ccc(C)cc2)c1C. The van der Waals surface area contributed by atoms with Gasteiger partial charge in [0.05, 0.1) is 5.69 Å². The molecule has 0 saturated carbocycles. The zero-order valence-corrected chi connectivity index (χ0v) is 12.0. The predicted octanol–water partition coefficient (Wildman–Crippen LogP) is 3.45. The van der Waals surface area contributed by atoms with Crippen molar-refractivity contribution in [1.29, 1.82) is 0 Å². The maximum Gasteiger partial charge on any atom is 0.278 e. The van der Waals surface area contributed by atoms with Crippen LogP contribution in [0, 0.1) is 20.8 Å². The Bertz CT molecular complexity index is 594. The summed E-state index contributed by atoms with van der Waals surface area (Å²) in [6.45, 7) is 8.09. The fourth-order valence-electron chi connectivity index (χ4n) is 2.30. The highest BCUT2D eigenvalue weighted by Gasteiger charge is 2.17. The van der Waals surface area contributed by atoms with Crippen molar-refractivity contribution in [3.63, 3.8) is 0 Å². The molecule has 0 radical (unpaired) electrons. The maximum atomic E-state index is 12.4. The Kier molecular flexibility index (Phi) is 3.84. The van der Waals surface area contributed by atoms with Gasteiger partial charge in [-0.15, -0.1) is 0 Å². The first-order valence-electron chi connectivity index (χ1n) is 6.71. The minimum absolute atomic E-state index is 0.0528. The van der Waals surface area contributed by atoms with Crippen LogP contribution in [0.4, 0.5) is 0 Å². The number of hydrogen-bond donors (Lipinski definition) is 0. The van der Waals surface area contributed by atoms with Crippen LogP contribution < -0.4 is 0 Å². The molecule has 1 aromatic carbocycles. The average Bonchev–Trinajstić information content (AvgIpc) is 2.67. The lowest BCUT2D eigenvalue weighted by Gasteiger charge is -2.04. The van der Waals surface area contributed by atoms with Crippen molar-refractivity contribution in [2.75, 3.05) is 0 Å². The number of aryl methyl sites for hydroxylation is 2. The summed E-state index contributed by atoms with van der Waals surface area (Å²) in [6.07, 6.45) is 2.03. The monoisotopic (exact) mass is 256 g/mol. The maximum absolute atomic E-state index is 12.4. The number of hydrogen-bond acceptors (Lipinski definition) is 2. The number of carbonyl (C=O) groups excluding carboxylic acids is 1. The molecule has 2 rings (SSSR count). The summed E-state index contributed by atoms with van der Waals surface area (Å²) in [5.41, 5.74) is 4.95. The van der Waals surface area contributed by atoms with Crippen LogP contribution in [0.15, 0.2) is 24.3 Å². The quantitative estimate of drug-likeness (QED) is 0.843. The number of rotatable bonds is 3. The summed E-state index contributed by atoms with van der Waals surface area (Å²) in [7, 11) is 0. The average molecular weight is 256 g/mol. The molecule has 0 saturated heterocycles. The van der Waals surface area contributed by atoms with Gasteiger partial charge in [0.1, 0.15) is 0 Å². The minimum Gasteiger partial charge on any atom is -0.267 e. The first kappa shape index (κ1) is 13.5. The van der Waals surface area contributed by atoms with Crippen LogP contribution in [0.25, 0.3) is 0 Å². The van der Waals surface area contributed by atoms with E-state index >= 15 is 0 Å². The molecule has 0 spiro atoms. The van der Waals surface area contributed by atoms with E-state index in [4.69, 9.17) is 0 Å². The first-order valence-corrected chi connectivity index (χ1v) is 6.71. The molecule has 0 aliphatic carbocycles. The van der Waals surface area contributed by atoms with Crippen molar-refractivity contribution in [2.24, 2.45) is 0 Å². The predicted molar refractivity (Wildman–Crippen MR) is 76.6 cm³/mol. The molecule has 1 aromatic heterocycles. The lowest BCUT2D eigenvalue weighted by atomic mass is 10.1. The number of nitrogens with zero attached hydrogens (tertiary/aromatic N) is 2. The highest BCUT2D eigenvalue weighted by molar-refractivity contribution is 5.95. The summed E-state index contributed by atoms with van der Waals surface area (Å²) >= 11 is 0. The van der Waals surface area contributed by atoms with Crippen LogP contribution >= 0.6 is 0 Å². The van der Waals surface area contributed by atoms with E-state index in [1.54, 1.807) is 0 Å². The van der Waals surface area contributed by atoms with Gasteiger partial charge < -0.3 is 0 Å². The fourth-order valence-corrected chi connectivity index (χ4v) is 2.30. The van der Waals surface area contributed by atoms with E-state index in [1.165, 1.54) is 10.2 Å². The largest absolute Gasteiger partial charge is 0.278 e. The summed E-state index contributed by atoms with van der Waals surface area (Å²) in [4.78, 5) is 12.4. The Morgan fingerprint density at radius 3 is 2.37 bits per heavy atom. The lowest BCUT2D eigenvalue weighted by Crippen LogP contribution is -2.15. The van der Waals surface area contributed by atoms with E-state index in [-0.39, 0.29) is 5.91 Å². The van der Waals surface area contributed by atoms with Gasteiger partial charge in [0.25, 0.3) is 5.91 Å². The molecule has 100 valence electrons. The fraction of sp³-hybridized carbons (Fsp3) is 0.375. The third-order valence-electron chi connectivity index (χ3n) is 3.43. The molecule has 2 aromatic rings. The van der Waals surface area contributed by atoms with Gasteiger partial charge >= 0.3 is 0 Å². The zero-order chi connectivity index (χ0) is 14.0. The highest BCUT2D eigenvalue weighted by atomic mass is 16.2. The zero-order valence-electron chi connectivity index (χ0n) is 12.0. The van der Waals surface area contributed by atoms with Crippen LogP contribution in [-0.4, -0.2) is 15.7 Å². The molecule has 0 amide bonds. The Balaban J connectivity index is 2.39. The summed E-state index contributed by atoms with van der Waals surface area (Å²) in [5.74, 6) is -0.0528. The van der Waals surface area contributed by atoms with Crippen molar-refractivity contribution < 1.29 is 4.79 Å². The normalized spacial score (nSPS) is 10.7. The van der Waals surface area contributed by atoms with E-state index in [0.717, 1.165) is 29.8 Å². The third-order valence-corrected chi connectivity index (χ3v) is 3.43. The summed E-state index contributed by atoms with van der Waals surface area (Å²) in [6, 6.07) is 7.61. The van der Waals surface area contributed by atoms with Crippen LogP contribution in [0.5, 0.6) is 0 Å². The van der Waals surface area contributed by atoms with Gasteiger partial charge in [-0.1, -0.05) is 31.0 Å². The number of benzene rings is 1. The topological polar surface area (TPSA) is 34.9 Å². The summed E-state index contributed by atoms with van der Waals surface area (Å²) < 4.78 is 1.53. The van der Waals surface area contributed by atoms with Gasteiger partial charge in [-0.2, -0.15) is 5.10 Å². The Labute approximate surface area is 114 Å². The molecule has 3 nitrogen and oxygen atoms in total. The van der Waals surface area contributed by atoms with Crippen molar-refractivity contribution >= 4 is 5.91 Å². The Hall–Kier alpha value is -1.90. The van der Waals surface area contributed by atoms with Gasteiger partial charge in [-0.05, 0) is 44.9 Å². The molecule has 3 heteroatoms. The number of aromatic nitrogens is 2. The van der Waals surface area contributed by atoms with E-state index in [2.05, 4.69) is 12.0 Å². The van der Waals surface area contributed by atoms with Crippen molar-refractivity contribution in [1.82, 2.24) is 9.78 Å². The van der Waals surface area contributed by atoms with Crippen molar-refractivity contribution in [3.8, 4) is 0 Å². The second-order valence-electron chi connectivity index (χ2n) is 4.98. The van der Waals surface area contributed by atoms with Gasteiger partial charge in [0.2, 0.25) is 0 Å². The highest BCUT2D eigenvalue weighted by Crippen LogP contribution is 2.16. The Morgan fingerprint density at radius 1 is 1.16 bits per heavy atom. The van der Waals surface area contributed by atoms with Crippen LogP contribution in [0.1, 0.15) is 46.2 Å². The van der Waals surface area contributed by atoms with Gasteiger partial charge in [0, 0.05) is 11.3 Å². The second kappa shape index (κ2) is 5.39. The van der Waals surface area contributed by atoms with E-state index in [0.29, 0.717) is 5.56 Å². The minimum atomic E-state index is -0.0528. The van der Waals surface area contributed by atoms with Crippen LogP contribution in [0.2, 0.25) is 0 Å². The molecule has 0 N–H and O–H groups in total. The molecule has 0 unspecified atom stereocenters. The van der Waals surface area contributed by atoms with Crippen molar-refractivity contribution in [3.05, 3.63) is 52.3 Å². The molecule has 1 heterocycles. The lowest BCUT2D eigenvalue weighted by molar-refractivity contribution is 0.0942. The molecule has 0 aliphatic rings. The second-order valence-corrected chi connectivity index (χ2v) is 4.98. The van der Waals surface area contributed by atoms with E-state index < -0.39 is 0 Å². The smallest absolute Gasteiger partial charge is 0.267 e. The molecule has 0 aliphatic heterocycles. The van der Waals surface area contributed by atoms with Gasteiger partial charge in [0.15, 0.2) is 0 Å². The summed E-state index contributed by atoms with van der Waals surface area (Å²) in [5, 5.41) is 4.39. The Morgan fingerprint density at radius 2 is 1.79 bits per heavy atom. The molecule has 0 fully saturated rings. The number of carbonyl (C=O) groups is 1. The van der Waals surface area contributed by atoms with Crippen LogP contribution in [-0.2, 0) is 6.42 Å². The molecule has 0 bridgehead atoms. The molecule has 19 heavy (non-hydrogen) atoms. The first-order chi connectivity index (χ1) is 9.04.